The summed E-state index contributed by atoms with van der Waals surface area (Å²) in [6, 6.07) is 12.8. The van der Waals surface area contributed by atoms with Gasteiger partial charge in [-0.25, -0.2) is 9.59 Å². The van der Waals surface area contributed by atoms with E-state index >= 15 is 0 Å². The van der Waals surface area contributed by atoms with Crippen LogP contribution in [-0.4, -0.2) is 26.2 Å². The molecular weight excluding hydrogens is 326 g/mol. The van der Waals surface area contributed by atoms with E-state index in [-0.39, 0.29) is 5.57 Å². The van der Waals surface area contributed by atoms with Gasteiger partial charge in [0.05, 0.1) is 30.4 Å². The molecular formula is C18H17NO4S. The van der Waals surface area contributed by atoms with Crippen molar-refractivity contribution in [3.63, 3.8) is 0 Å². The Hall–Kier alpha value is -2.86. The van der Waals surface area contributed by atoms with E-state index in [0.717, 1.165) is 11.0 Å². The SMILES string of the molecule is COC(=O)/C=C(C(=O)OC)/C(=C(/N)c1cccs1)c1ccccc1. The quantitative estimate of drug-likeness (QED) is 0.513. The van der Waals surface area contributed by atoms with Crippen LogP contribution in [0.2, 0.25) is 0 Å². The third kappa shape index (κ3) is 3.91. The van der Waals surface area contributed by atoms with Crippen LogP contribution in [0.25, 0.3) is 11.3 Å². The summed E-state index contributed by atoms with van der Waals surface area (Å²) in [6.07, 6.45) is 1.09. The minimum atomic E-state index is -0.668. The van der Waals surface area contributed by atoms with Crippen LogP contribution in [-0.2, 0) is 19.1 Å². The van der Waals surface area contributed by atoms with E-state index in [1.165, 1.54) is 25.6 Å². The van der Waals surface area contributed by atoms with Gasteiger partial charge in [-0.1, -0.05) is 36.4 Å². The van der Waals surface area contributed by atoms with Gasteiger partial charge in [-0.2, -0.15) is 0 Å². The molecule has 0 fully saturated rings. The lowest BCUT2D eigenvalue weighted by Crippen LogP contribution is -2.13. The zero-order chi connectivity index (χ0) is 17.5. The van der Waals surface area contributed by atoms with Crippen molar-refractivity contribution < 1.29 is 19.1 Å². The van der Waals surface area contributed by atoms with Gasteiger partial charge in [0.2, 0.25) is 0 Å². The Morgan fingerprint density at radius 3 is 2.29 bits per heavy atom. The van der Waals surface area contributed by atoms with Crippen molar-refractivity contribution in [2.75, 3.05) is 14.2 Å². The molecule has 0 atom stereocenters. The number of benzene rings is 1. The number of rotatable bonds is 5. The molecule has 0 saturated heterocycles. The molecule has 2 rings (SSSR count). The molecule has 0 spiro atoms. The number of ether oxygens (including phenoxy) is 2. The lowest BCUT2D eigenvalue weighted by Gasteiger charge is -2.14. The summed E-state index contributed by atoms with van der Waals surface area (Å²) in [5.74, 6) is -1.33. The molecule has 0 unspecified atom stereocenters. The van der Waals surface area contributed by atoms with Crippen LogP contribution in [0.4, 0.5) is 0 Å². The first kappa shape index (κ1) is 17.5. The largest absolute Gasteiger partial charge is 0.466 e. The number of thiophene rings is 1. The van der Waals surface area contributed by atoms with Gasteiger partial charge in [-0.3, -0.25) is 0 Å². The molecule has 2 N–H and O–H groups in total. The highest BCUT2D eigenvalue weighted by atomic mass is 32.1. The highest BCUT2D eigenvalue weighted by molar-refractivity contribution is 7.11. The predicted octanol–water partition coefficient (Wildman–Crippen LogP) is 2.85. The number of carbonyl (C=O) groups excluding carboxylic acids is 2. The maximum Gasteiger partial charge on any atom is 0.338 e. The van der Waals surface area contributed by atoms with Crippen molar-refractivity contribution in [3.8, 4) is 0 Å². The Morgan fingerprint density at radius 2 is 1.75 bits per heavy atom. The Bertz CT molecular complexity index is 777. The van der Waals surface area contributed by atoms with Crippen LogP contribution in [0.15, 0.2) is 59.5 Å². The molecule has 124 valence electrons. The summed E-state index contributed by atoms with van der Waals surface area (Å²) < 4.78 is 9.47. The van der Waals surface area contributed by atoms with Crippen molar-refractivity contribution in [2.24, 2.45) is 5.73 Å². The second-order valence-corrected chi connectivity index (χ2v) is 5.65. The normalized spacial score (nSPS) is 12.3. The molecule has 24 heavy (non-hydrogen) atoms. The van der Waals surface area contributed by atoms with Crippen molar-refractivity contribution in [1.29, 1.82) is 0 Å². The number of methoxy groups -OCH3 is 2. The van der Waals surface area contributed by atoms with Crippen molar-refractivity contribution in [1.82, 2.24) is 0 Å². The molecule has 1 aromatic heterocycles. The minimum absolute atomic E-state index is 0.0430. The van der Waals surface area contributed by atoms with Crippen LogP contribution in [0.5, 0.6) is 0 Å². The highest BCUT2D eigenvalue weighted by Crippen LogP contribution is 2.32. The van der Waals surface area contributed by atoms with Crippen LogP contribution >= 0.6 is 11.3 Å². The molecule has 6 heteroatoms. The highest BCUT2D eigenvalue weighted by Gasteiger charge is 2.22. The standard InChI is InChI=1S/C18H17NO4S/c1-22-15(20)11-13(18(21)23-2)16(12-7-4-3-5-8-12)17(19)14-9-6-10-24-14/h3-11H,19H2,1-2H3/b13-11-,17-16+. The van der Waals surface area contributed by atoms with Crippen LogP contribution < -0.4 is 5.73 Å². The zero-order valence-corrected chi connectivity index (χ0v) is 14.1. The topological polar surface area (TPSA) is 78.6 Å². The van der Waals surface area contributed by atoms with E-state index < -0.39 is 11.9 Å². The Morgan fingerprint density at radius 1 is 1.04 bits per heavy atom. The predicted molar refractivity (Wildman–Crippen MR) is 93.9 cm³/mol. The van der Waals surface area contributed by atoms with E-state index in [2.05, 4.69) is 4.74 Å². The molecule has 1 heterocycles. The molecule has 0 aliphatic rings. The Balaban J connectivity index is 2.73. The maximum absolute atomic E-state index is 12.3. The summed E-state index contributed by atoms with van der Waals surface area (Å²) in [5, 5.41) is 1.88. The van der Waals surface area contributed by atoms with Gasteiger partial charge < -0.3 is 15.2 Å². The Labute approximate surface area is 144 Å². The minimum Gasteiger partial charge on any atom is -0.466 e. The molecule has 2 aromatic rings. The summed E-state index contributed by atoms with van der Waals surface area (Å²) in [5.41, 5.74) is 7.87. The number of esters is 2. The summed E-state index contributed by atoms with van der Waals surface area (Å²) in [4.78, 5) is 24.8. The molecule has 0 bridgehead atoms. The average Bonchev–Trinajstić information content (AvgIpc) is 3.15. The summed E-state index contributed by atoms with van der Waals surface area (Å²) >= 11 is 1.44. The fraction of sp³-hybridized carbons (Fsp3) is 0.111. The van der Waals surface area contributed by atoms with Gasteiger partial charge in [0.1, 0.15) is 0 Å². The van der Waals surface area contributed by atoms with E-state index in [1.807, 2.05) is 47.8 Å². The van der Waals surface area contributed by atoms with Crippen molar-refractivity contribution in [2.45, 2.75) is 0 Å². The summed E-state index contributed by atoms with van der Waals surface area (Å²) in [6.45, 7) is 0. The first-order valence-corrected chi connectivity index (χ1v) is 7.93. The lowest BCUT2D eigenvalue weighted by atomic mass is 9.94. The van der Waals surface area contributed by atoms with Gasteiger partial charge in [-0.15, -0.1) is 11.3 Å². The van der Waals surface area contributed by atoms with Crippen LogP contribution in [0.1, 0.15) is 10.4 Å². The molecule has 1 aromatic carbocycles. The van der Waals surface area contributed by atoms with Crippen LogP contribution in [0.3, 0.4) is 0 Å². The van der Waals surface area contributed by atoms with Gasteiger partial charge in [0.15, 0.2) is 0 Å². The molecule has 0 aliphatic heterocycles. The van der Waals surface area contributed by atoms with E-state index in [0.29, 0.717) is 16.8 Å². The average molecular weight is 343 g/mol. The van der Waals surface area contributed by atoms with Gasteiger partial charge in [0.25, 0.3) is 0 Å². The van der Waals surface area contributed by atoms with E-state index in [1.54, 1.807) is 0 Å². The fourth-order valence-corrected chi connectivity index (χ4v) is 2.83. The second-order valence-electron chi connectivity index (χ2n) is 4.70. The first-order chi connectivity index (χ1) is 11.6. The molecule has 0 saturated carbocycles. The number of hydrogen-bond donors (Lipinski definition) is 1. The second kappa shape index (κ2) is 8.12. The van der Waals surface area contributed by atoms with Crippen LogP contribution in [0, 0.1) is 0 Å². The lowest BCUT2D eigenvalue weighted by molar-refractivity contribution is -0.138. The number of carbonyl (C=O) groups is 2. The molecule has 0 amide bonds. The fourth-order valence-electron chi connectivity index (χ4n) is 2.14. The maximum atomic E-state index is 12.3. The van der Waals surface area contributed by atoms with Gasteiger partial charge >= 0.3 is 11.9 Å². The third-order valence-corrected chi connectivity index (χ3v) is 4.16. The first-order valence-electron chi connectivity index (χ1n) is 7.05. The van der Waals surface area contributed by atoms with E-state index in [9.17, 15) is 9.59 Å². The van der Waals surface area contributed by atoms with Crippen molar-refractivity contribution >= 4 is 34.5 Å². The van der Waals surface area contributed by atoms with Gasteiger partial charge in [-0.05, 0) is 17.0 Å². The van der Waals surface area contributed by atoms with E-state index in [4.69, 9.17) is 10.5 Å². The third-order valence-electron chi connectivity index (χ3n) is 3.26. The zero-order valence-electron chi connectivity index (χ0n) is 13.3. The summed E-state index contributed by atoms with van der Waals surface area (Å²) in [7, 11) is 2.49. The number of hydrogen-bond acceptors (Lipinski definition) is 6. The Kier molecular flexibility index (Phi) is 5.92. The molecule has 0 radical (unpaired) electrons. The van der Waals surface area contributed by atoms with Crippen molar-refractivity contribution in [3.05, 3.63) is 69.9 Å². The van der Waals surface area contributed by atoms with Gasteiger partial charge in [0, 0.05) is 11.6 Å². The molecule has 5 nitrogen and oxygen atoms in total. The number of nitrogens with two attached hydrogens (primary N) is 1. The monoisotopic (exact) mass is 343 g/mol. The molecule has 0 aliphatic carbocycles. The smallest absolute Gasteiger partial charge is 0.338 e.